The Morgan fingerprint density at radius 3 is 2.71 bits per heavy atom. The van der Waals surface area contributed by atoms with Crippen molar-refractivity contribution in [3.8, 4) is 0 Å². The van der Waals surface area contributed by atoms with Crippen LogP contribution in [-0.4, -0.2) is 9.78 Å². The van der Waals surface area contributed by atoms with Crippen LogP contribution in [0.1, 0.15) is 37.4 Å². The molecule has 0 spiro atoms. The summed E-state index contributed by atoms with van der Waals surface area (Å²) in [5.41, 5.74) is 7.19. The highest BCUT2D eigenvalue weighted by Gasteiger charge is 2.26. The Kier molecular flexibility index (Phi) is 2.79. The molecule has 0 bridgehead atoms. The molecule has 1 fully saturated rings. The fraction of sp³-hybridized carbons (Fsp3) is 0.700. The fourth-order valence-corrected chi connectivity index (χ4v) is 2.63. The molecule has 1 unspecified atom stereocenters. The van der Waals surface area contributed by atoms with Crippen molar-refractivity contribution in [1.82, 2.24) is 9.78 Å². The third-order valence-corrected chi connectivity index (χ3v) is 3.45. The summed E-state index contributed by atoms with van der Waals surface area (Å²) in [6, 6.07) is 0.0532. The van der Waals surface area contributed by atoms with E-state index in [9.17, 15) is 0 Å². The first kappa shape index (κ1) is 9.99. The van der Waals surface area contributed by atoms with Crippen molar-refractivity contribution < 1.29 is 0 Å². The molecule has 4 heteroatoms. The number of nitrogens with zero attached hydrogens (tertiary/aromatic N) is 2. The maximum atomic E-state index is 6.20. The first-order valence-corrected chi connectivity index (χ1v) is 5.51. The van der Waals surface area contributed by atoms with Crippen molar-refractivity contribution in [3.63, 3.8) is 0 Å². The van der Waals surface area contributed by atoms with E-state index in [1.54, 1.807) is 10.9 Å². The average molecular weight is 214 g/mol. The van der Waals surface area contributed by atoms with E-state index < -0.39 is 0 Å². The number of nitrogens with two attached hydrogens (primary N) is 1. The summed E-state index contributed by atoms with van der Waals surface area (Å²) in [7, 11) is 1.90. The van der Waals surface area contributed by atoms with Crippen LogP contribution in [0.15, 0.2) is 6.20 Å². The lowest BCUT2D eigenvalue weighted by atomic mass is 9.96. The molecule has 0 aromatic carbocycles. The minimum Gasteiger partial charge on any atom is -0.322 e. The molecule has 1 aromatic heterocycles. The Morgan fingerprint density at radius 1 is 1.57 bits per heavy atom. The Labute approximate surface area is 89.2 Å². The van der Waals surface area contributed by atoms with Gasteiger partial charge in [-0.15, -0.1) is 0 Å². The van der Waals surface area contributed by atoms with Crippen LogP contribution in [-0.2, 0) is 7.05 Å². The van der Waals surface area contributed by atoms with Gasteiger partial charge in [-0.3, -0.25) is 4.68 Å². The molecule has 0 aliphatic heterocycles. The van der Waals surface area contributed by atoms with E-state index in [-0.39, 0.29) is 6.04 Å². The van der Waals surface area contributed by atoms with Crippen LogP contribution in [0, 0.1) is 5.92 Å². The third kappa shape index (κ3) is 1.66. The van der Waals surface area contributed by atoms with Gasteiger partial charge in [0.05, 0.1) is 23.0 Å². The zero-order valence-corrected chi connectivity index (χ0v) is 9.17. The number of rotatable bonds is 2. The van der Waals surface area contributed by atoms with E-state index in [0.717, 1.165) is 5.69 Å². The van der Waals surface area contributed by atoms with Gasteiger partial charge in [0.25, 0.3) is 0 Å². The normalized spacial score (nSPS) is 20.2. The standard InChI is InChI=1S/C10H16ClN3/c1-14-10(8(11)6-13-14)9(12)7-4-2-3-5-7/h6-7,9H,2-5,12H2,1H3. The Balaban J connectivity index is 2.21. The number of halogens is 1. The van der Waals surface area contributed by atoms with E-state index in [1.807, 2.05) is 7.05 Å². The van der Waals surface area contributed by atoms with Crippen molar-refractivity contribution in [2.24, 2.45) is 18.7 Å². The largest absolute Gasteiger partial charge is 0.322 e. The van der Waals surface area contributed by atoms with Crippen LogP contribution in [0.5, 0.6) is 0 Å². The van der Waals surface area contributed by atoms with Crippen LogP contribution < -0.4 is 5.73 Å². The molecule has 0 radical (unpaired) electrons. The van der Waals surface area contributed by atoms with Gasteiger partial charge in [0.15, 0.2) is 0 Å². The van der Waals surface area contributed by atoms with Crippen molar-refractivity contribution in [2.75, 3.05) is 0 Å². The molecule has 0 amide bonds. The molecule has 2 rings (SSSR count). The molecule has 14 heavy (non-hydrogen) atoms. The number of aryl methyl sites for hydroxylation is 1. The van der Waals surface area contributed by atoms with E-state index >= 15 is 0 Å². The molecule has 1 aliphatic carbocycles. The van der Waals surface area contributed by atoms with Gasteiger partial charge in [0, 0.05) is 7.05 Å². The zero-order valence-electron chi connectivity index (χ0n) is 8.41. The quantitative estimate of drug-likeness (QED) is 0.819. The molecule has 1 saturated carbocycles. The van der Waals surface area contributed by atoms with Crippen molar-refractivity contribution in [3.05, 3.63) is 16.9 Å². The third-order valence-electron chi connectivity index (χ3n) is 3.16. The molecule has 2 N–H and O–H groups in total. The zero-order chi connectivity index (χ0) is 10.1. The van der Waals surface area contributed by atoms with Gasteiger partial charge < -0.3 is 5.73 Å². The average Bonchev–Trinajstić information content (AvgIpc) is 2.75. The SMILES string of the molecule is Cn1ncc(Cl)c1C(N)C1CCCC1. The monoisotopic (exact) mass is 213 g/mol. The molecule has 3 nitrogen and oxygen atoms in total. The van der Waals surface area contributed by atoms with Gasteiger partial charge in [0.1, 0.15) is 0 Å². The summed E-state index contributed by atoms with van der Waals surface area (Å²) in [6.07, 6.45) is 6.72. The Hall–Kier alpha value is -0.540. The molecular weight excluding hydrogens is 198 g/mol. The maximum Gasteiger partial charge on any atom is 0.0834 e. The predicted molar refractivity (Wildman–Crippen MR) is 57.1 cm³/mol. The van der Waals surface area contributed by atoms with Crippen molar-refractivity contribution in [2.45, 2.75) is 31.7 Å². The minimum absolute atomic E-state index is 0.0532. The van der Waals surface area contributed by atoms with Gasteiger partial charge in [-0.25, -0.2) is 0 Å². The number of hydrogen-bond donors (Lipinski definition) is 1. The second kappa shape index (κ2) is 3.91. The Bertz CT molecular complexity index is 296. The van der Waals surface area contributed by atoms with E-state index in [0.29, 0.717) is 10.9 Å². The van der Waals surface area contributed by atoms with Crippen LogP contribution in [0.25, 0.3) is 0 Å². The summed E-state index contributed by atoms with van der Waals surface area (Å²) in [6.45, 7) is 0. The first-order valence-electron chi connectivity index (χ1n) is 5.13. The Morgan fingerprint density at radius 2 is 2.21 bits per heavy atom. The summed E-state index contributed by atoms with van der Waals surface area (Å²) in [5, 5.41) is 4.81. The predicted octanol–water partition coefficient (Wildman–Crippen LogP) is 2.26. The maximum absolute atomic E-state index is 6.20. The summed E-state index contributed by atoms with van der Waals surface area (Å²) in [5.74, 6) is 0.586. The van der Waals surface area contributed by atoms with E-state index in [2.05, 4.69) is 5.10 Å². The first-order chi connectivity index (χ1) is 6.70. The minimum atomic E-state index is 0.0532. The highest BCUT2D eigenvalue weighted by molar-refractivity contribution is 6.31. The van der Waals surface area contributed by atoms with Gasteiger partial charge in [-0.2, -0.15) is 5.10 Å². The van der Waals surface area contributed by atoms with Gasteiger partial charge in [-0.05, 0) is 18.8 Å². The summed E-state index contributed by atoms with van der Waals surface area (Å²) in [4.78, 5) is 0. The molecule has 1 heterocycles. The smallest absolute Gasteiger partial charge is 0.0834 e. The molecular formula is C10H16ClN3. The number of hydrogen-bond acceptors (Lipinski definition) is 2. The van der Waals surface area contributed by atoms with Crippen LogP contribution in [0.3, 0.4) is 0 Å². The fourth-order valence-electron chi connectivity index (χ4n) is 2.33. The van der Waals surface area contributed by atoms with Crippen LogP contribution in [0.4, 0.5) is 0 Å². The second-order valence-corrected chi connectivity index (χ2v) is 4.48. The highest BCUT2D eigenvalue weighted by Crippen LogP contribution is 2.36. The van der Waals surface area contributed by atoms with Crippen molar-refractivity contribution in [1.29, 1.82) is 0 Å². The molecule has 1 aromatic rings. The summed E-state index contributed by atoms with van der Waals surface area (Å²) < 4.78 is 1.80. The van der Waals surface area contributed by atoms with E-state index in [1.165, 1.54) is 25.7 Å². The molecule has 0 saturated heterocycles. The van der Waals surface area contributed by atoms with Crippen LogP contribution in [0.2, 0.25) is 5.02 Å². The lowest BCUT2D eigenvalue weighted by Gasteiger charge is -2.19. The molecule has 78 valence electrons. The summed E-state index contributed by atoms with van der Waals surface area (Å²) >= 11 is 6.06. The topological polar surface area (TPSA) is 43.8 Å². The second-order valence-electron chi connectivity index (χ2n) is 4.07. The lowest BCUT2D eigenvalue weighted by Crippen LogP contribution is -2.22. The van der Waals surface area contributed by atoms with Gasteiger partial charge in [-0.1, -0.05) is 24.4 Å². The van der Waals surface area contributed by atoms with Crippen molar-refractivity contribution >= 4 is 11.6 Å². The lowest BCUT2D eigenvalue weighted by molar-refractivity contribution is 0.423. The van der Waals surface area contributed by atoms with E-state index in [4.69, 9.17) is 17.3 Å². The highest BCUT2D eigenvalue weighted by atomic mass is 35.5. The molecule has 1 atom stereocenters. The molecule has 1 aliphatic rings. The van der Waals surface area contributed by atoms with Gasteiger partial charge >= 0.3 is 0 Å². The van der Waals surface area contributed by atoms with Crippen LogP contribution >= 0.6 is 11.6 Å². The van der Waals surface area contributed by atoms with Gasteiger partial charge in [0.2, 0.25) is 0 Å². The number of aromatic nitrogens is 2.